The van der Waals surface area contributed by atoms with E-state index in [4.69, 9.17) is 23.2 Å². The number of benzene rings is 3. The van der Waals surface area contributed by atoms with Crippen molar-refractivity contribution in [3.05, 3.63) is 88.4 Å². The number of hydrogen-bond donors (Lipinski definition) is 1. The number of carbonyl (C=O) groups is 1. The highest BCUT2D eigenvalue weighted by molar-refractivity contribution is 6.31. The Morgan fingerprint density at radius 2 is 1.58 bits per heavy atom. The summed E-state index contributed by atoms with van der Waals surface area (Å²) in [6.07, 6.45) is 0.356. The van der Waals surface area contributed by atoms with Crippen LogP contribution < -0.4 is 14.5 Å². The van der Waals surface area contributed by atoms with Crippen LogP contribution in [0.3, 0.4) is 0 Å². The van der Waals surface area contributed by atoms with Crippen molar-refractivity contribution < 1.29 is 23.4 Å². The molecule has 1 N–H and O–H groups in total. The molecule has 1 aliphatic heterocycles. The molecular formula is C24H20Cl2F2N2O3. The highest BCUT2D eigenvalue weighted by Crippen LogP contribution is 2.46. The van der Waals surface area contributed by atoms with Crippen LogP contribution in [0, 0.1) is 0 Å². The number of urea groups is 1. The summed E-state index contributed by atoms with van der Waals surface area (Å²) >= 11 is 12.1. The van der Waals surface area contributed by atoms with Crippen molar-refractivity contribution in [3.63, 3.8) is 0 Å². The van der Waals surface area contributed by atoms with Gasteiger partial charge in [0, 0.05) is 27.0 Å². The predicted molar refractivity (Wildman–Crippen MR) is 124 cm³/mol. The van der Waals surface area contributed by atoms with E-state index in [1.807, 2.05) is 6.92 Å². The fourth-order valence-electron chi connectivity index (χ4n) is 4.20. The Hall–Kier alpha value is -2.87. The van der Waals surface area contributed by atoms with Crippen LogP contribution >= 0.6 is 23.2 Å². The van der Waals surface area contributed by atoms with Crippen LogP contribution in [0.25, 0.3) is 0 Å². The zero-order chi connectivity index (χ0) is 23.8. The topological polar surface area (TPSA) is 53.0 Å². The molecule has 3 aromatic carbocycles. The maximum Gasteiger partial charge on any atom is 0.387 e. The minimum Gasteiger partial charge on any atom is -0.435 e. The van der Waals surface area contributed by atoms with Crippen LogP contribution in [0.15, 0.2) is 72.8 Å². The number of anilines is 2. The van der Waals surface area contributed by atoms with E-state index in [9.17, 15) is 18.7 Å². The summed E-state index contributed by atoms with van der Waals surface area (Å²) < 4.78 is 30.2. The van der Waals surface area contributed by atoms with Gasteiger partial charge in [-0.3, -0.25) is 9.80 Å². The Morgan fingerprint density at radius 3 is 2.12 bits per heavy atom. The van der Waals surface area contributed by atoms with E-state index in [2.05, 4.69) is 4.74 Å². The second-order valence-corrected chi connectivity index (χ2v) is 8.37. The molecule has 0 saturated carbocycles. The van der Waals surface area contributed by atoms with Crippen LogP contribution in [0.5, 0.6) is 5.75 Å². The molecule has 0 aliphatic carbocycles. The van der Waals surface area contributed by atoms with Gasteiger partial charge in [-0.05, 0) is 67.1 Å². The summed E-state index contributed by atoms with van der Waals surface area (Å²) in [6.45, 7) is -1.20. The van der Waals surface area contributed by atoms with Gasteiger partial charge in [0.15, 0.2) is 5.72 Å². The van der Waals surface area contributed by atoms with E-state index < -0.39 is 24.4 Å². The Bertz CT molecular complexity index is 1150. The monoisotopic (exact) mass is 492 g/mol. The molecule has 0 radical (unpaired) electrons. The number of rotatable bonds is 6. The third-order valence-corrected chi connectivity index (χ3v) is 6.08. The second-order valence-electron chi connectivity index (χ2n) is 7.50. The largest absolute Gasteiger partial charge is 0.435 e. The number of nitrogens with zero attached hydrogens (tertiary/aromatic N) is 2. The summed E-state index contributed by atoms with van der Waals surface area (Å²) in [7, 11) is 0. The molecule has 1 aliphatic rings. The Morgan fingerprint density at radius 1 is 1.00 bits per heavy atom. The van der Waals surface area contributed by atoms with Gasteiger partial charge in [-0.1, -0.05) is 42.3 Å². The molecule has 2 amide bonds. The molecule has 1 heterocycles. The Balaban J connectivity index is 1.91. The van der Waals surface area contributed by atoms with Crippen LogP contribution in [-0.2, 0) is 5.72 Å². The number of carbonyl (C=O) groups excluding carboxylic acids is 1. The SMILES string of the molecule is CC[C@@H]1N(c2ccc(Cl)cc2)C(=O)N(c2ccc(Cl)cc2)C1(O)c1cccc(OC(F)F)c1. The molecule has 1 saturated heterocycles. The van der Waals surface area contributed by atoms with Crippen molar-refractivity contribution in [2.45, 2.75) is 31.7 Å². The fourth-order valence-corrected chi connectivity index (χ4v) is 4.45. The van der Waals surface area contributed by atoms with Gasteiger partial charge < -0.3 is 9.84 Å². The molecule has 2 atom stereocenters. The molecule has 33 heavy (non-hydrogen) atoms. The lowest BCUT2D eigenvalue weighted by atomic mass is 9.91. The van der Waals surface area contributed by atoms with E-state index in [0.29, 0.717) is 27.8 Å². The van der Waals surface area contributed by atoms with E-state index in [0.717, 1.165) is 0 Å². The lowest BCUT2D eigenvalue weighted by molar-refractivity contribution is -0.0503. The average molecular weight is 493 g/mol. The summed E-state index contributed by atoms with van der Waals surface area (Å²) in [5, 5.41) is 13.1. The highest BCUT2D eigenvalue weighted by Gasteiger charge is 2.58. The average Bonchev–Trinajstić information content (AvgIpc) is 3.02. The summed E-state index contributed by atoms with van der Waals surface area (Å²) in [5.74, 6) is -0.126. The summed E-state index contributed by atoms with van der Waals surface area (Å²) in [6, 6.07) is 17.6. The third-order valence-electron chi connectivity index (χ3n) is 5.57. The van der Waals surface area contributed by atoms with Crippen LogP contribution in [-0.4, -0.2) is 23.8 Å². The number of alkyl halides is 2. The van der Waals surface area contributed by atoms with Crippen molar-refractivity contribution >= 4 is 40.6 Å². The van der Waals surface area contributed by atoms with Gasteiger partial charge in [0.2, 0.25) is 0 Å². The van der Waals surface area contributed by atoms with E-state index in [1.54, 1.807) is 54.6 Å². The normalized spacial score (nSPS) is 20.6. The maximum atomic E-state index is 13.8. The number of amides is 2. The maximum absolute atomic E-state index is 13.8. The number of hydrogen-bond acceptors (Lipinski definition) is 3. The zero-order valence-electron chi connectivity index (χ0n) is 17.5. The lowest BCUT2D eigenvalue weighted by Gasteiger charge is -2.37. The van der Waals surface area contributed by atoms with Crippen molar-refractivity contribution in [3.8, 4) is 5.75 Å². The molecule has 1 unspecified atom stereocenters. The van der Waals surface area contributed by atoms with Crippen molar-refractivity contribution in [2.75, 3.05) is 9.80 Å². The molecule has 5 nitrogen and oxygen atoms in total. The van der Waals surface area contributed by atoms with Crippen LogP contribution in [0.4, 0.5) is 25.0 Å². The zero-order valence-corrected chi connectivity index (χ0v) is 19.0. The van der Waals surface area contributed by atoms with Gasteiger partial charge in [-0.2, -0.15) is 8.78 Å². The van der Waals surface area contributed by atoms with Crippen molar-refractivity contribution in [2.24, 2.45) is 0 Å². The van der Waals surface area contributed by atoms with Gasteiger partial charge in [0.05, 0.1) is 6.04 Å². The smallest absolute Gasteiger partial charge is 0.387 e. The molecule has 0 bridgehead atoms. The molecule has 172 valence electrons. The summed E-state index contributed by atoms with van der Waals surface area (Å²) in [4.78, 5) is 16.5. The second kappa shape index (κ2) is 9.17. The van der Waals surface area contributed by atoms with Gasteiger partial charge in [-0.25, -0.2) is 4.79 Å². The summed E-state index contributed by atoms with van der Waals surface area (Å²) in [5.41, 5.74) is -0.749. The first kappa shape index (κ1) is 23.3. The first-order valence-electron chi connectivity index (χ1n) is 10.2. The molecule has 1 fully saturated rings. The number of aliphatic hydroxyl groups is 1. The molecule has 9 heteroatoms. The predicted octanol–water partition coefficient (Wildman–Crippen LogP) is 6.67. The highest BCUT2D eigenvalue weighted by atomic mass is 35.5. The number of halogens is 4. The Labute approximate surface area is 199 Å². The molecular weight excluding hydrogens is 473 g/mol. The van der Waals surface area contributed by atoms with E-state index >= 15 is 0 Å². The fraction of sp³-hybridized carbons (Fsp3) is 0.208. The standard InChI is InChI=1S/C24H20Cl2F2N2O3/c1-2-21-24(32,15-4-3-5-20(14-15)33-22(27)28)30(19-12-8-17(26)9-13-19)23(31)29(21)18-10-6-16(25)7-11-18/h3-14,21-22,32H,2H2,1H3/t21-,24?/m0/s1. The number of ether oxygens (including phenoxy) is 1. The Kier molecular flexibility index (Phi) is 6.47. The van der Waals surface area contributed by atoms with Gasteiger partial charge in [0.1, 0.15) is 5.75 Å². The van der Waals surface area contributed by atoms with Gasteiger partial charge in [0.25, 0.3) is 0 Å². The lowest BCUT2D eigenvalue weighted by Crippen LogP contribution is -2.49. The molecule has 3 aromatic rings. The molecule has 4 rings (SSSR count). The minimum atomic E-state index is -3.03. The van der Waals surface area contributed by atoms with Gasteiger partial charge in [-0.15, -0.1) is 0 Å². The third kappa shape index (κ3) is 4.24. The first-order chi connectivity index (χ1) is 15.8. The van der Waals surface area contributed by atoms with Crippen molar-refractivity contribution in [1.29, 1.82) is 0 Å². The van der Waals surface area contributed by atoms with Crippen LogP contribution in [0.1, 0.15) is 18.9 Å². The van der Waals surface area contributed by atoms with Gasteiger partial charge >= 0.3 is 12.6 Å². The minimum absolute atomic E-state index is 0.126. The first-order valence-corrected chi connectivity index (χ1v) is 10.9. The van der Waals surface area contributed by atoms with E-state index in [-0.39, 0.29) is 11.3 Å². The van der Waals surface area contributed by atoms with E-state index in [1.165, 1.54) is 28.0 Å². The van der Waals surface area contributed by atoms with Crippen molar-refractivity contribution in [1.82, 2.24) is 0 Å². The molecule has 0 spiro atoms. The van der Waals surface area contributed by atoms with Crippen LogP contribution in [0.2, 0.25) is 10.0 Å². The molecule has 0 aromatic heterocycles. The quantitative estimate of drug-likeness (QED) is 0.418.